The van der Waals surface area contributed by atoms with Gasteiger partial charge < -0.3 is 10.1 Å². The van der Waals surface area contributed by atoms with Gasteiger partial charge in [-0.25, -0.2) is 0 Å². The van der Waals surface area contributed by atoms with Crippen molar-refractivity contribution in [2.24, 2.45) is 5.92 Å². The molecule has 112 valence electrons. The lowest BCUT2D eigenvalue weighted by Gasteiger charge is -2.21. The van der Waals surface area contributed by atoms with Gasteiger partial charge in [0, 0.05) is 6.04 Å². The summed E-state index contributed by atoms with van der Waals surface area (Å²) in [6.45, 7) is 10.7. The van der Waals surface area contributed by atoms with Gasteiger partial charge in [0.25, 0.3) is 0 Å². The molecule has 20 heavy (non-hydrogen) atoms. The van der Waals surface area contributed by atoms with Crippen LogP contribution in [0.4, 0.5) is 0 Å². The summed E-state index contributed by atoms with van der Waals surface area (Å²) in [7, 11) is 0. The lowest BCUT2D eigenvalue weighted by Crippen LogP contribution is -2.37. The maximum Gasteiger partial charge on any atom is 0.123 e. The van der Waals surface area contributed by atoms with E-state index in [1.54, 1.807) is 0 Å². The van der Waals surface area contributed by atoms with Crippen molar-refractivity contribution in [2.75, 3.05) is 13.2 Å². The molecule has 2 nitrogen and oxygen atoms in total. The fraction of sp³-hybridized carbons (Fsp3) is 0.667. The summed E-state index contributed by atoms with van der Waals surface area (Å²) in [5.74, 6) is 2.41. The van der Waals surface area contributed by atoms with Crippen molar-refractivity contribution in [1.29, 1.82) is 0 Å². The first-order chi connectivity index (χ1) is 9.61. The Kier molecular flexibility index (Phi) is 5.47. The van der Waals surface area contributed by atoms with E-state index in [-0.39, 0.29) is 0 Å². The van der Waals surface area contributed by atoms with E-state index in [4.69, 9.17) is 4.74 Å². The van der Waals surface area contributed by atoms with E-state index in [1.165, 1.54) is 30.4 Å². The quantitative estimate of drug-likeness (QED) is 0.765. The van der Waals surface area contributed by atoms with Crippen molar-refractivity contribution in [3.8, 4) is 5.75 Å². The zero-order chi connectivity index (χ0) is 14.5. The third-order valence-corrected chi connectivity index (χ3v) is 4.06. The first-order valence-electron chi connectivity index (χ1n) is 8.08. The molecule has 1 aliphatic carbocycles. The van der Waals surface area contributed by atoms with E-state index >= 15 is 0 Å². The van der Waals surface area contributed by atoms with Gasteiger partial charge in [-0.1, -0.05) is 32.9 Å². The molecule has 1 aromatic carbocycles. The molecule has 0 saturated heterocycles. The Morgan fingerprint density at radius 1 is 1.30 bits per heavy atom. The summed E-state index contributed by atoms with van der Waals surface area (Å²) in [6, 6.07) is 7.09. The maximum atomic E-state index is 6.18. The number of rotatable bonds is 8. The largest absolute Gasteiger partial charge is 0.492 e. The highest BCUT2D eigenvalue weighted by atomic mass is 16.5. The fourth-order valence-corrected chi connectivity index (χ4v) is 2.61. The van der Waals surface area contributed by atoms with Crippen LogP contribution in [0.3, 0.4) is 0 Å². The van der Waals surface area contributed by atoms with E-state index < -0.39 is 0 Å². The van der Waals surface area contributed by atoms with E-state index in [1.807, 2.05) is 0 Å². The van der Waals surface area contributed by atoms with Crippen LogP contribution >= 0.6 is 0 Å². The number of ether oxygens (including phenoxy) is 1. The summed E-state index contributed by atoms with van der Waals surface area (Å²) in [4.78, 5) is 0. The van der Waals surface area contributed by atoms with Gasteiger partial charge in [-0.2, -0.15) is 0 Å². The van der Waals surface area contributed by atoms with Gasteiger partial charge in [0.1, 0.15) is 12.4 Å². The molecule has 1 N–H and O–H groups in total. The van der Waals surface area contributed by atoms with Crippen molar-refractivity contribution in [1.82, 2.24) is 5.32 Å². The van der Waals surface area contributed by atoms with Gasteiger partial charge in [0.15, 0.2) is 0 Å². The second-order valence-corrected chi connectivity index (χ2v) is 6.41. The molecule has 0 aliphatic heterocycles. The first-order valence-corrected chi connectivity index (χ1v) is 8.08. The van der Waals surface area contributed by atoms with Gasteiger partial charge >= 0.3 is 0 Å². The smallest absolute Gasteiger partial charge is 0.123 e. The van der Waals surface area contributed by atoms with Crippen molar-refractivity contribution >= 4 is 0 Å². The lowest BCUT2D eigenvalue weighted by atomic mass is 10.0. The zero-order valence-electron chi connectivity index (χ0n) is 13.4. The third-order valence-electron chi connectivity index (χ3n) is 4.06. The van der Waals surface area contributed by atoms with Crippen LogP contribution in [0.15, 0.2) is 18.2 Å². The molecular formula is C18H29NO. The Hall–Kier alpha value is -1.02. The van der Waals surface area contributed by atoms with Crippen LogP contribution in [0.2, 0.25) is 0 Å². The molecular weight excluding hydrogens is 246 g/mol. The number of aryl methyl sites for hydroxylation is 1. The Morgan fingerprint density at radius 2 is 2.05 bits per heavy atom. The average Bonchev–Trinajstić information content (AvgIpc) is 3.23. The van der Waals surface area contributed by atoms with Crippen LogP contribution in [-0.4, -0.2) is 19.2 Å². The Bertz CT molecular complexity index is 423. The van der Waals surface area contributed by atoms with Gasteiger partial charge in [0.2, 0.25) is 0 Å². The Balaban J connectivity index is 1.99. The minimum absolute atomic E-state index is 0.508. The summed E-state index contributed by atoms with van der Waals surface area (Å²) < 4.78 is 6.18. The molecule has 0 bridgehead atoms. The van der Waals surface area contributed by atoms with Crippen LogP contribution in [0, 0.1) is 12.8 Å². The van der Waals surface area contributed by atoms with E-state index in [9.17, 15) is 0 Å². The molecule has 0 spiro atoms. The predicted molar refractivity (Wildman–Crippen MR) is 85.6 cm³/mol. The fourth-order valence-electron chi connectivity index (χ4n) is 2.61. The van der Waals surface area contributed by atoms with Crippen LogP contribution in [0.1, 0.15) is 57.1 Å². The van der Waals surface area contributed by atoms with E-state index in [0.29, 0.717) is 12.0 Å². The molecule has 1 aliphatic rings. The second kappa shape index (κ2) is 7.12. The minimum atomic E-state index is 0.508. The Labute approximate surface area is 123 Å². The molecule has 1 fully saturated rings. The van der Waals surface area contributed by atoms with E-state index in [2.05, 4.69) is 51.2 Å². The molecule has 2 rings (SSSR count). The number of nitrogens with one attached hydrogen (secondary N) is 1. The number of hydrogen-bond donors (Lipinski definition) is 1. The highest BCUT2D eigenvalue weighted by Gasteiger charge is 2.31. The summed E-state index contributed by atoms with van der Waals surface area (Å²) >= 11 is 0. The standard InChI is InChI=1S/C18H29NO/c1-5-10-19-17(15-7-8-15)12-20-18-11-14(4)6-9-16(18)13(2)3/h6,9,11,13,15,17,19H,5,7-8,10,12H2,1-4H3. The van der Waals surface area contributed by atoms with Crippen molar-refractivity contribution in [3.05, 3.63) is 29.3 Å². The molecule has 1 saturated carbocycles. The Morgan fingerprint density at radius 3 is 2.65 bits per heavy atom. The number of hydrogen-bond acceptors (Lipinski definition) is 2. The summed E-state index contributed by atoms with van der Waals surface area (Å²) in [5.41, 5.74) is 2.59. The monoisotopic (exact) mass is 275 g/mol. The summed E-state index contributed by atoms with van der Waals surface area (Å²) in [6.07, 6.45) is 3.90. The lowest BCUT2D eigenvalue weighted by molar-refractivity contribution is 0.246. The van der Waals surface area contributed by atoms with Gasteiger partial charge in [-0.15, -0.1) is 0 Å². The highest BCUT2D eigenvalue weighted by Crippen LogP contribution is 2.34. The predicted octanol–water partition coefficient (Wildman–Crippen LogP) is 4.28. The maximum absolute atomic E-state index is 6.18. The number of benzene rings is 1. The topological polar surface area (TPSA) is 21.3 Å². The van der Waals surface area contributed by atoms with Crippen molar-refractivity contribution < 1.29 is 4.74 Å². The van der Waals surface area contributed by atoms with Crippen LogP contribution < -0.4 is 10.1 Å². The van der Waals surface area contributed by atoms with Gasteiger partial charge in [-0.3, -0.25) is 0 Å². The highest BCUT2D eigenvalue weighted by molar-refractivity contribution is 5.39. The zero-order valence-corrected chi connectivity index (χ0v) is 13.4. The van der Waals surface area contributed by atoms with Crippen LogP contribution in [0.25, 0.3) is 0 Å². The van der Waals surface area contributed by atoms with Crippen LogP contribution in [-0.2, 0) is 0 Å². The average molecular weight is 275 g/mol. The molecule has 2 heteroatoms. The molecule has 0 heterocycles. The SMILES string of the molecule is CCCNC(COc1cc(C)ccc1C(C)C)C1CC1. The van der Waals surface area contributed by atoms with Crippen molar-refractivity contribution in [3.63, 3.8) is 0 Å². The molecule has 0 aromatic heterocycles. The first kappa shape index (κ1) is 15.4. The molecule has 1 unspecified atom stereocenters. The van der Waals surface area contributed by atoms with Gasteiger partial charge in [0.05, 0.1) is 0 Å². The van der Waals surface area contributed by atoms with Crippen molar-refractivity contribution in [2.45, 2.75) is 58.9 Å². The normalized spacial score (nSPS) is 16.4. The molecule has 1 atom stereocenters. The molecule has 1 aromatic rings. The van der Waals surface area contributed by atoms with E-state index in [0.717, 1.165) is 24.8 Å². The third kappa shape index (κ3) is 4.24. The minimum Gasteiger partial charge on any atom is -0.492 e. The molecule has 0 radical (unpaired) electrons. The summed E-state index contributed by atoms with van der Waals surface area (Å²) in [5, 5.41) is 3.64. The molecule has 0 amide bonds. The second-order valence-electron chi connectivity index (χ2n) is 6.41. The van der Waals surface area contributed by atoms with Crippen LogP contribution in [0.5, 0.6) is 5.75 Å². The van der Waals surface area contributed by atoms with Gasteiger partial charge in [-0.05, 0) is 61.8 Å².